The average Bonchev–Trinajstić information content (AvgIpc) is 2.95. The van der Waals surface area contributed by atoms with Crippen molar-refractivity contribution in [2.24, 2.45) is 0 Å². The Kier molecular flexibility index (Phi) is 4.16. The van der Waals surface area contributed by atoms with Gasteiger partial charge in [-0.2, -0.15) is 18.3 Å². The zero-order chi connectivity index (χ0) is 18.4. The third-order valence-corrected chi connectivity index (χ3v) is 4.14. The number of carboxylic acids is 1. The summed E-state index contributed by atoms with van der Waals surface area (Å²) in [6.07, 6.45) is -3.20. The lowest BCUT2D eigenvalue weighted by atomic mass is 10.0. The topological polar surface area (TPSA) is 67.5 Å². The molecule has 0 fully saturated rings. The molecular formula is C16H11ClF3N3O2. The Hall–Kier alpha value is -2.61. The lowest BCUT2D eigenvalue weighted by molar-refractivity contribution is -0.137. The monoisotopic (exact) mass is 369 g/mol. The van der Waals surface area contributed by atoms with Crippen molar-refractivity contribution in [3.05, 3.63) is 63.6 Å². The molecule has 130 valence electrons. The molecule has 0 radical (unpaired) electrons. The third-order valence-electron chi connectivity index (χ3n) is 3.75. The van der Waals surface area contributed by atoms with E-state index in [1.165, 1.54) is 10.6 Å². The number of carbonyl (C=O) groups is 1. The van der Waals surface area contributed by atoms with Crippen LogP contribution in [0.4, 0.5) is 13.2 Å². The first-order valence-corrected chi connectivity index (χ1v) is 7.48. The molecule has 0 atom stereocenters. The molecule has 3 aromatic rings. The molecule has 1 aromatic carbocycles. The fraction of sp³-hybridized carbons (Fsp3) is 0.188. The van der Waals surface area contributed by atoms with E-state index in [2.05, 4.69) is 10.1 Å². The second-order valence-electron chi connectivity index (χ2n) is 5.44. The lowest BCUT2D eigenvalue weighted by Gasteiger charge is -2.12. The summed E-state index contributed by atoms with van der Waals surface area (Å²) in [4.78, 5) is 15.4. The Balaban J connectivity index is 2.07. The molecule has 3 rings (SSSR count). The van der Waals surface area contributed by atoms with Gasteiger partial charge in [0, 0.05) is 17.7 Å². The number of hydrogen-bond donors (Lipinski definition) is 1. The molecule has 0 saturated heterocycles. The van der Waals surface area contributed by atoms with E-state index < -0.39 is 17.7 Å². The number of nitrogens with zero attached hydrogens (tertiary/aromatic N) is 3. The molecule has 0 amide bonds. The predicted octanol–water partition coefficient (Wildman–Crippen LogP) is 4.00. The number of aromatic carboxylic acids is 1. The maximum absolute atomic E-state index is 12.8. The summed E-state index contributed by atoms with van der Waals surface area (Å²) in [5, 5.41) is 13.1. The molecular weight excluding hydrogens is 359 g/mol. The largest absolute Gasteiger partial charge is 0.477 e. The summed E-state index contributed by atoms with van der Waals surface area (Å²) in [6.45, 7) is 1.62. The van der Waals surface area contributed by atoms with Crippen LogP contribution in [0.3, 0.4) is 0 Å². The van der Waals surface area contributed by atoms with Gasteiger partial charge >= 0.3 is 12.1 Å². The second-order valence-corrected chi connectivity index (χ2v) is 5.80. The maximum Gasteiger partial charge on any atom is 0.416 e. The van der Waals surface area contributed by atoms with Crippen molar-refractivity contribution >= 4 is 23.2 Å². The van der Waals surface area contributed by atoms with Crippen molar-refractivity contribution in [3.8, 4) is 0 Å². The Morgan fingerprint density at radius 1 is 1.36 bits per heavy atom. The fourth-order valence-electron chi connectivity index (χ4n) is 2.51. The van der Waals surface area contributed by atoms with Crippen molar-refractivity contribution < 1.29 is 23.1 Å². The molecule has 2 aromatic heterocycles. The molecule has 0 aliphatic rings. The van der Waals surface area contributed by atoms with Crippen LogP contribution in [0.25, 0.3) is 5.65 Å². The Morgan fingerprint density at radius 2 is 2.08 bits per heavy atom. The molecule has 2 heterocycles. The first-order valence-electron chi connectivity index (χ1n) is 7.10. The average molecular weight is 370 g/mol. The lowest BCUT2D eigenvalue weighted by Crippen LogP contribution is -2.07. The zero-order valence-electron chi connectivity index (χ0n) is 12.8. The van der Waals surface area contributed by atoms with Crippen LogP contribution in [-0.2, 0) is 12.6 Å². The first-order chi connectivity index (χ1) is 11.7. The van der Waals surface area contributed by atoms with Gasteiger partial charge in [-0.1, -0.05) is 29.8 Å². The summed E-state index contributed by atoms with van der Waals surface area (Å²) in [5.41, 5.74) is 0.552. The van der Waals surface area contributed by atoms with Crippen LogP contribution in [0.1, 0.15) is 32.7 Å². The van der Waals surface area contributed by atoms with E-state index in [0.717, 1.165) is 18.3 Å². The van der Waals surface area contributed by atoms with E-state index in [0.29, 0.717) is 16.8 Å². The molecule has 0 bridgehead atoms. The van der Waals surface area contributed by atoms with Crippen molar-refractivity contribution in [1.82, 2.24) is 14.6 Å². The molecule has 0 aliphatic heterocycles. The number of fused-ring (bicyclic) bond motifs is 1. The van der Waals surface area contributed by atoms with Gasteiger partial charge in [0.05, 0.1) is 11.8 Å². The van der Waals surface area contributed by atoms with Gasteiger partial charge in [-0.05, 0) is 18.6 Å². The first kappa shape index (κ1) is 17.2. The molecule has 5 nitrogen and oxygen atoms in total. The van der Waals surface area contributed by atoms with E-state index in [9.17, 15) is 18.0 Å². The van der Waals surface area contributed by atoms with Gasteiger partial charge in [0.25, 0.3) is 0 Å². The number of alkyl halides is 3. The van der Waals surface area contributed by atoms with Crippen LogP contribution in [0.2, 0.25) is 5.15 Å². The molecule has 0 saturated carbocycles. The van der Waals surface area contributed by atoms with Crippen LogP contribution < -0.4 is 0 Å². The summed E-state index contributed by atoms with van der Waals surface area (Å²) in [6, 6.07) is 4.92. The van der Waals surface area contributed by atoms with Crippen molar-refractivity contribution in [2.75, 3.05) is 0 Å². The van der Waals surface area contributed by atoms with E-state index in [-0.39, 0.29) is 22.8 Å². The number of rotatable bonds is 3. The van der Waals surface area contributed by atoms with Gasteiger partial charge in [-0.25, -0.2) is 14.3 Å². The highest BCUT2D eigenvalue weighted by atomic mass is 35.5. The standard InChI is InChI=1S/C16H11ClF3N3O2/c1-8-11(6-9-3-2-4-10(5-9)16(18,19)20)13(17)23-14(22-8)12(7-21-23)15(24)25/h2-5,7H,6H2,1H3,(H,24,25). The number of carboxylic acid groups (broad SMARTS) is 1. The summed E-state index contributed by atoms with van der Waals surface area (Å²) in [5.74, 6) is -1.19. The highest BCUT2D eigenvalue weighted by Crippen LogP contribution is 2.31. The van der Waals surface area contributed by atoms with E-state index in [1.54, 1.807) is 13.0 Å². The fourth-order valence-corrected chi connectivity index (χ4v) is 2.84. The molecule has 0 spiro atoms. The molecule has 0 aliphatic carbocycles. The summed E-state index contributed by atoms with van der Waals surface area (Å²) in [7, 11) is 0. The Morgan fingerprint density at radius 3 is 2.72 bits per heavy atom. The quantitative estimate of drug-likeness (QED) is 0.709. The maximum atomic E-state index is 12.8. The summed E-state index contributed by atoms with van der Waals surface area (Å²) < 4.78 is 39.7. The highest BCUT2D eigenvalue weighted by molar-refractivity contribution is 6.30. The minimum absolute atomic E-state index is 0.0859. The van der Waals surface area contributed by atoms with Gasteiger partial charge in [0.2, 0.25) is 0 Å². The zero-order valence-corrected chi connectivity index (χ0v) is 13.6. The van der Waals surface area contributed by atoms with Crippen LogP contribution in [0, 0.1) is 6.92 Å². The van der Waals surface area contributed by atoms with Gasteiger partial charge < -0.3 is 5.11 Å². The normalized spacial score (nSPS) is 11.9. The van der Waals surface area contributed by atoms with Gasteiger partial charge in [-0.15, -0.1) is 0 Å². The van der Waals surface area contributed by atoms with Gasteiger partial charge in [0.1, 0.15) is 10.7 Å². The number of hydrogen-bond acceptors (Lipinski definition) is 3. The number of benzene rings is 1. The van der Waals surface area contributed by atoms with Gasteiger partial charge in [-0.3, -0.25) is 0 Å². The molecule has 25 heavy (non-hydrogen) atoms. The number of aromatic nitrogens is 3. The van der Waals surface area contributed by atoms with E-state index >= 15 is 0 Å². The van der Waals surface area contributed by atoms with Crippen LogP contribution in [0.15, 0.2) is 30.5 Å². The number of aryl methyl sites for hydroxylation is 1. The smallest absolute Gasteiger partial charge is 0.416 e. The molecule has 9 heteroatoms. The molecule has 0 unspecified atom stereocenters. The number of halogens is 4. The van der Waals surface area contributed by atoms with E-state index in [1.807, 2.05) is 0 Å². The Labute approximate surface area is 144 Å². The van der Waals surface area contributed by atoms with Crippen molar-refractivity contribution in [1.29, 1.82) is 0 Å². The van der Waals surface area contributed by atoms with Crippen LogP contribution in [0.5, 0.6) is 0 Å². The minimum atomic E-state index is -4.44. The van der Waals surface area contributed by atoms with Gasteiger partial charge in [0.15, 0.2) is 5.65 Å². The van der Waals surface area contributed by atoms with E-state index in [4.69, 9.17) is 16.7 Å². The predicted molar refractivity (Wildman–Crippen MR) is 83.9 cm³/mol. The second kappa shape index (κ2) is 6.03. The van der Waals surface area contributed by atoms with Crippen molar-refractivity contribution in [3.63, 3.8) is 0 Å². The minimum Gasteiger partial charge on any atom is -0.477 e. The molecule has 1 N–H and O–H groups in total. The van der Waals surface area contributed by atoms with Crippen molar-refractivity contribution in [2.45, 2.75) is 19.5 Å². The third kappa shape index (κ3) is 3.17. The SMILES string of the molecule is Cc1nc2c(C(=O)O)cnn2c(Cl)c1Cc1cccc(C(F)(F)F)c1. The Bertz CT molecular complexity index is 983. The summed E-state index contributed by atoms with van der Waals surface area (Å²) >= 11 is 6.29. The highest BCUT2D eigenvalue weighted by Gasteiger charge is 2.30. The van der Waals surface area contributed by atoms with Crippen LogP contribution in [-0.4, -0.2) is 25.7 Å². The van der Waals surface area contributed by atoms with Crippen LogP contribution >= 0.6 is 11.6 Å².